The van der Waals surface area contributed by atoms with Crippen LogP contribution in [0.25, 0.3) is 0 Å². The number of hydrogen-bond donors (Lipinski definition) is 1. The molecule has 0 unspecified atom stereocenters. The normalized spacial score (nSPS) is 13.6. The van der Waals surface area contributed by atoms with Crippen LogP contribution >= 0.6 is 11.6 Å². The SMILES string of the molecule is CC/C(F)=C(\N)Cl. The fourth-order valence-corrected chi connectivity index (χ4v) is 0.303. The van der Waals surface area contributed by atoms with Gasteiger partial charge in [0.05, 0.1) is 0 Å². The van der Waals surface area contributed by atoms with Gasteiger partial charge in [-0.1, -0.05) is 18.5 Å². The van der Waals surface area contributed by atoms with Crippen LogP contribution in [-0.2, 0) is 0 Å². The second-order valence-electron chi connectivity index (χ2n) is 1.11. The summed E-state index contributed by atoms with van der Waals surface area (Å²) in [5, 5.41) is -0.234. The highest BCUT2D eigenvalue weighted by Crippen LogP contribution is 2.07. The molecule has 0 saturated carbocycles. The second kappa shape index (κ2) is 2.86. The van der Waals surface area contributed by atoms with Gasteiger partial charge in [0, 0.05) is 0 Å². The van der Waals surface area contributed by atoms with Crippen LogP contribution in [0.15, 0.2) is 11.0 Å². The van der Waals surface area contributed by atoms with Gasteiger partial charge >= 0.3 is 0 Å². The lowest BCUT2D eigenvalue weighted by atomic mass is 10.4. The minimum Gasteiger partial charge on any atom is -0.387 e. The zero-order chi connectivity index (χ0) is 5.86. The Morgan fingerprint density at radius 1 is 1.86 bits per heavy atom. The van der Waals surface area contributed by atoms with Gasteiger partial charge < -0.3 is 5.73 Å². The Morgan fingerprint density at radius 2 is 2.29 bits per heavy atom. The van der Waals surface area contributed by atoms with Crippen molar-refractivity contribution in [2.24, 2.45) is 5.73 Å². The third-order valence-electron chi connectivity index (χ3n) is 0.570. The molecule has 0 rings (SSSR count). The van der Waals surface area contributed by atoms with E-state index >= 15 is 0 Å². The first-order valence-electron chi connectivity index (χ1n) is 1.98. The summed E-state index contributed by atoms with van der Waals surface area (Å²) >= 11 is 5.01. The lowest BCUT2D eigenvalue weighted by Crippen LogP contribution is -1.89. The fourth-order valence-electron chi connectivity index (χ4n) is 0.169. The van der Waals surface area contributed by atoms with Gasteiger partial charge in [-0.05, 0) is 6.42 Å². The number of allylic oxidation sites excluding steroid dienone is 1. The molecular formula is C4H7ClFN. The summed E-state index contributed by atoms with van der Waals surface area (Å²) in [6, 6.07) is 0. The van der Waals surface area contributed by atoms with Crippen LogP contribution in [0.3, 0.4) is 0 Å². The minimum absolute atomic E-state index is 0.234. The van der Waals surface area contributed by atoms with E-state index in [0.717, 1.165) is 0 Å². The zero-order valence-corrected chi connectivity index (χ0v) is 4.80. The molecule has 0 amide bonds. The van der Waals surface area contributed by atoms with E-state index in [9.17, 15) is 4.39 Å². The smallest absolute Gasteiger partial charge is 0.134 e. The Balaban J connectivity index is 3.72. The first-order chi connectivity index (χ1) is 3.18. The highest BCUT2D eigenvalue weighted by atomic mass is 35.5. The van der Waals surface area contributed by atoms with E-state index in [-0.39, 0.29) is 11.6 Å². The van der Waals surface area contributed by atoms with E-state index in [0.29, 0.717) is 0 Å². The third kappa shape index (κ3) is 2.45. The summed E-state index contributed by atoms with van der Waals surface area (Å²) in [5.41, 5.74) is 4.82. The average Bonchev–Trinajstić information content (AvgIpc) is 1.65. The molecule has 1 nitrogen and oxygen atoms in total. The summed E-state index contributed by atoms with van der Waals surface area (Å²) in [4.78, 5) is 0. The molecular weight excluding hydrogens is 117 g/mol. The quantitative estimate of drug-likeness (QED) is 0.528. The van der Waals surface area contributed by atoms with Gasteiger partial charge in [0.2, 0.25) is 0 Å². The molecule has 0 heterocycles. The van der Waals surface area contributed by atoms with E-state index in [1.165, 1.54) is 0 Å². The van der Waals surface area contributed by atoms with Crippen molar-refractivity contribution in [1.29, 1.82) is 0 Å². The predicted octanol–water partition coefficient (Wildman–Crippen LogP) is 1.73. The van der Waals surface area contributed by atoms with Gasteiger partial charge in [0.1, 0.15) is 11.0 Å². The molecule has 0 atom stereocenters. The Hall–Kier alpha value is -0.240. The van der Waals surface area contributed by atoms with Gasteiger partial charge in [-0.15, -0.1) is 0 Å². The molecule has 0 aliphatic heterocycles. The highest BCUT2D eigenvalue weighted by molar-refractivity contribution is 6.29. The Labute approximate surface area is 47.0 Å². The Morgan fingerprint density at radius 3 is 2.29 bits per heavy atom. The fraction of sp³-hybridized carbons (Fsp3) is 0.500. The van der Waals surface area contributed by atoms with Crippen LogP contribution < -0.4 is 5.73 Å². The number of nitrogens with two attached hydrogens (primary N) is 1. The lowest BCUT2D eigenvalue weighted by Gasteiger charge is -1.87. The van der Waals surface area contributed by atoms with Crippen LogP contribution in [0, 0.1) is 0 Å². The number of halogens is 2. The van der Waals surface area contributed by atoms with Gasteiger partial charge in [-0.3, -0.25) is 0 Å². The summed E-state index contributed by atoms with van der Waals surface area (Å²) in [5.74, 6) is -0.443. The molecule has 0 aromatic carbocycles. The molecule has 0 aromatic heterocycles. The van der Waals surface area contributed by atoms with E-state index < -0.39 is 5.83 Å². The average molecular weight is 124 g/mol. The van der Waals surface area contributed by atoms with Crippen LogP contribution in [0.5, 0.6) is 0 Å². The predicted molar refractivity (Wildman–Crippen MR) is 28.5 cm³/mol. The Bertz CT molecular complexity index is 85.7. The van der Waals surface area contributed by atoms with Crippen LogP contribution in [-0.4, -0.2) is 0 Å². The maximum atomic E-state index is 11.9. The van der Waals surface area contributed by atoms with Gasteiger partial charge in [0.25, 0.3) is 0 Å². The molecule has 7 heavy (non-hydrogen) atoms. The summed E-state index contributed by atoms with van der Waals surface area (Å²) in [7, 11) is 0. The minimum atomic E-state index is -0.443. The monoisotopic (exact) mass is 123 g/mol. The van der Waals surface area contributed by atoms with Gasteiger partial charge in [-0.2, -0.15) is 0 Å². The van der Waals surface area contributed by atoms with Gasteiger partial charge in [-0.25, -0.2) is 4.39 Å². The molecule has 0 aromatic rings. The maximum absolute atomic E-state index is 11.9. The molecule has 3 heteroatoms. The van der Waals surface area contributed by atoms with Crippen LogP contribution in [0.4, 0.5) is 4.39 Å². The maximum Gasteiger partial charge on any atom is 0.134 e. The lowest BCUT2D eigenvalue weighted by molar-refractivity contribution is 0.597. The van der Waals surface area contributed by atoms with Crippen LogP contribution in [0.1, 0.15) is 13.3 Å². The van der Waals surface area contributed by atoms with Crippen molar-refractivity contribution in [2.75, 3.05) is 0 Å². The van der Waals surface area contributed by atoms with Crippen LogP contribution in [0.2, 0.25) is 0 Å². The summed E-state index contributed by atoms with van der Waals surface area (Å²) < 4.78 is 11.9. The van der Waals surface area contributed by atoms with Crippen molar-refractivity contribution < 1.29 is 4.39 Å². The van der Waals surface area contributed by atoms with Crippen molar-refractivity contribution in [3.05, 3.63) is 11.0 Å². The molecule has 2 N–H and O–H groups in total. The molecule has 0 spiro atoms. The van der Waals surface area contributed by atoms with Crippen molar-refractivity contribution in [1.82, 2.24) is 0 Å². The van der Waals surface area contributed by atoms with E-state index in [4.69, 9.17) is 17.3 Å². The highest BCUT2D eigenvalue weighted by Gasteiger charge is 1.92. The molecule has 0 aliphatic rings. The third-order valence-corrected chi connectivity index (χ3v) is 0.775. The van der Waals surface area contributed by atoms with Gasteiger partial charge in [0.15, 0.2) is 0 Å². The molecule has 0 fully saturated rings. The van der Waals surface area contributed by atoms with Crippen molar-refractivity contribution in [3.63, 3.8) is 0 Å². The van der Waals surface area contributed by atoms with E-state index in [1.807, 2.05) is 0 Å². The molecule has 0 aliphatic carbocycles. The molecule has 42 valence electrons. The molecule has 0 bridgehead atoms. The van der Waals surface area contributed by atoms with E-state index in [1.54, 1.807) is 6.92 Å². The topological polar surface area (TPSA) is 26.0 Å². The van der Waals surface area contributed by atoms with E-state index in [2.05, 4.69) is 0 Å². The zero-order valence-electron chi connectivity index (χ0n) is 4.04. The Kier molecular flexibility index (Phi) is 2.76. The number of hydrogen-bond acceptors (Lipinski definition) is 1. The largest absolute Gasteiger partial charge is 0.387 e. The first-order valence-corrected chi connectivity index (χ1v) is 2.36. The molecule has 0 saturated heterocycles. The standard InChI is InChI=1S/C4H7ClFN/c1-2-3(6)4(5)7/h2,7H2,1H3/b4-3+. The van der Waals surface area contributed by atoms with Crippen molar-refractivity contribution in [3.8, 4) is 0 Å². The number of rotatable bonds is 1. The molecule has 0 radical (unpaired) electrons. The van der Waals surface area contributed by atoms with Crippen molar-refractivity contribution in [2.45, 2.75) is 13.3 Å². The first kappa shape index (κ1) is 6.76. The summed E-state index contributed by atoms with van der Waals surface area (Å²) in [6.45, 7) is 1.64. The van der Waals surface area contributed by atoms with Crippen molar-refractivity contribution >= 4 is 11.6 Å². The second-order valence-corrected chi connectivity index (χ2v) is 1.51. The summed E-state index contributed by atoms with van der Waals surface area (Å²) in [6.07, 6.45) is 0.273.